The van der Waals surface area contributed by atoms with Gasteiger partial charge in [0.1, 0.15) is 6.33 Å². The Balaban J connectivity index is 1.49. The van der Waals surface area contributed by atoms with Gasteiger partial charge in [-0.1, -0.05) is 6.42 Å². The van der Waals surface area contributed by atoms with E-state index < -0.39 is 0 Å². The van der Waals surface area contributed by atoms with Crippen molar-refractivity contribution < 1.29 is 0 Å². The summed E-state index contributed by atoms with van der Waals surface area (Å²) < 4.78 is 2.02. The molecule has 3 unspecified atom stereocenters. The fourth-order valence-electron chi connectivity index (χ4n) is 3.99. The van der Waals surface area contributed by atoms with Crippen LogP contribution in [0.1, 0.15) is 25.7 Å². The van der Waals surface area contributed by atoms with Gasteiger partial charge in [-0.05, 0) is 61.3 Å². The average molecular weight is 268 g/mol. The monoisotopic (exact) mass is 268 g/mol. The van der Waals surface area contributed by atoms with Gasteiger partial charge in [0.05, 0.1) is 0 Å². The Morgan fingerprint density at radius 3 is 2.70 bits per heavy atom. The second-order valence-corrected chi connectivity index (χ2v) is 6.35. The molecule has 2 saturated carbocycles. The lowest BCUT2D eigenvalue weighted by Crippen LogP contribution is -2.17. The molecule has 1 aromatic carbocycles. The smallest absolute Gasteiger partial charge is 0.181 e. The molecule has 4 nitrogen and oxygen atoms in total. The van der Waals surface area contributed by atoms with Crippen molar-refractivity contribution >= 4 is 5.69 Å². The van der Waals surface area contributed by atoms with Gasteiger partial charge in [-0.25, -0.2) is 4.98 Å². The largest absolute Gasteiger partial charge is 0.399 e. The first-order valence-electron chi connectivity index (χ1n) is 7.53. The average Bonchev–Trinajstić information content (AvgIpc) is 3.16. The number of fused-ring (bicyclic) bond motifs is 2. The van der Waals surface area contributed by atoms with E-state index in [2.05, 4.69) is 10.1 Å². The fourth-order valence-corrected chi connectivity index (χ4v) is 3.99. The zero-order chi connectivity index (χ0) is 13.5. The van der Waals surface area contributed by atoms with Crippen molar-refractivity contribution in [3.8, 4) is 11.4 Å². The molecule has 0 saturated heterocycles. The van der Waals surface area contributed by atoms with Gasteiger partial charge < -0.3 is 5.73 Å². The highest BCUT2D eigenvalue weighted by atomic mass is 15.3. The number of hydrogen-bond acceptors (Lipinski definition) is 3. The lowest BCUT2D eigenvalue weighted by atomic mass is 9.89. The maximum absolute atomic E-state index is 5.71. The molecular formula is C16H20N4. The van der Waals surface area contributed by atoms with Crippen LogP contribution in [0.4, 0.5) is 5.69 Å². The van der Waals surface area contributed by atoms with Crippen LogP contribution in [0, 0.1) is 17.8 Å². The first-order valence-corrected chi connectivity index (χ1v) is 7.53. The Bertz CT molecular complexity index is 601. The molecule has 0 amide bonds. The number of rotatable bonds is 3. The predicted octanol–water partition coefficient (Wildman–Crippen LogP) is 2.96. The van der Waals surface area contributed by atoms with E-state index in [9.17, 15) is 0 Å². The summed E-state index contributed by atoms with van der Waals surface area (Å²) >= 11 is 0. The minimum atomic E-state index is 0.773. The van der Waals surface area contributed by atoms with Crippen molar-refractivity contribution in [2.45, 2.75) is 32.2 Å². The molecular weight excluding hydrogens is 248 g/mol. The summed E-state index contributed by atoms with van der Waals surface area (Å²) in [6.45, 7) is 1.03. The minimum Gasteiger partial charge on any atom is -0.399 e. The SMILES string of the molecule is Nc1ccc(-c2ncn(CC3CC4CCC3C4)n2)cc1. The molecule has 4 heteroatoms. The van der Waals surface area contributed by atoms with Crippen LogP contribution in [-0.4, -0.2) is 14.8 Å². The van der Waals surface area contributed by atoms with Gasteiger partial charge in [0.25, 0.3) is 0 Å². The molecule has 1 aromatic heterocycles. The van der Waals surface area contributed by atoms with Crippen LogP contribution in [0.2, 0.25) is 0 Å². The zero-order valence-electron chi connectivity index (χ0n) is 11.6. The Labute approximate surface area is 119 Å². The lowest BCUT2D eigenvalue weighted by molar-refractivity contribution is 0.285. The molecule has 2 fully saturated rings. The van der Waals surface area contributed by atoms with E-state index in [1.807, 2.05) is 35.3 Å². The zero-order valence-corrected chi connectivity index (χ0v) is 11.6. The van der Waals surface area contributed by atoms with Crippen molar-refractivity contribution in [2.24, 2.45) is 17.8 Å². The molecule has 2 aliphatic carbocycles. The highest BCUT2D eigenvalue weighted by Gasteiger charge is 2.39. The third-order valence-electron chi connectivity index (χ3n) is 5.01. The van der Waals surface area contributed by atoms with Crippen LogP contribution in [0.3, 0.4) is 0 Å². The van der Waals surface area contributed by atoms with E-state index in [1.54, 1.807) is 0 Å². The molecule has 2 bridgehead atoms. The molecule has 3 atom stereocenters. The van der Waals surface area contributed by atoms with Gasteiger partial charge in [-0.2, -0.15) is 5.10 Å². The van der Waals surface area contributed by atoms with Crippen molar-refractivity contribution in [2.75, 3.05) is 5.73 Å². The van der Waals surface area contributed by atoms with Crippen molar-refractivity contribution in [3.05, 3.63) is 30.6 Å². The Hall–Kier alpha value is -1.84. The molecule has 0 radical (unpaired) electrons. The number of nitrogens with two attached hydrogens (primary N) is 1. The van der Waals surface area contributed by atoms with E-state index in [0.29, 0.717) is 0 Å². The van der Waals surface area contributed by atoms with Crippen molar-refractivity contribution in [1.29, 1.82) is 0 Å². The summed E-state index contributed by atoms with van der Waals surface area (Å²) in [6, 6.07) is 7.75. The topological polar surface area (TPSA) is 56.7 Å². The van der Waals surface area contributed by atoms with Gasteiger partial charge in [0.15, 0.2) is 5.82 Å². The summed E-state index contributed by atoms with van der Waals surface area (Å²) in [6.07, 6.45) is 7.59. The van der Waals surface area contributed by atoms with E-state index >= 15 is 0 Å². The Morgan fingerprint density at radius 2 is 2.00 bits per heavy atom. The molecule has 104 valence electrons. The quantitative estimate of drug-likeness (QED) is 0.871. The maximum atomic E-state index is 5.71. The molecule has 4 rings (SSSR count). The summed E-state index contributed by atoms with van der Waals surface area (Å²) in [4.78, 5) is 4.43. The standard InChI is InChI=1S/C16H20N4/c17-15-5-3-12(4-6-15)16-18-10-20(19-16)9-14-8-11-1-2-13(14)7-11/h3-6,10-11,13-14H,1-2,7-9,17H2. The summed E-state index contributed by atoms with van der Waals surface area (Å²) in [7, 11) is 0. The van der Waals surface area contributed by atoms with Crippen LogP contribution in [0.15, 0.2) is 30.6 Å². The number of benzene rings is 1. The van der Waals surface area contributed by atoms with Crippen LogP contribution < -0.4 is 5.73 Å². The second-order valence-electron chi connectivity index (χ2n) is 6.35. The summed E-state index contributed by atoms with van der Waals surface area (Å²) in [5, 5.41) is 4.62. The molecule has 2 aliphatic rings. The number of aromatic nitrogens is 3. The van der Waals surface area contributed by atoms with Gasteiger partial charge in [0, 0.05) is 17.8 Å². The van der Waals surface area contributed by atoms with Crippen LogP contribution in [0.5, 0.6) is 0 Å². The highest BCUT2D eigenvalue weighted by molar-refractivity contribution is 5.57. The Kier molecular flexibility index (Phi) is 2.76. The van der Waals surface area contributed by atoms with E-state index in [-0.39, 0.29) is 0 Å². The van der Waals surface area contributed by atoms with Gasteiger partial charge >= 0.3 is 0 Å². The van der Waals surface area contributed by atoms with Gasteiger partial charge in [0.2, 0.25) is 0 Å². The number of anilines is 1. The fraction of sp³-hybridized carbons (Fsp3) is 0.500. The normalized spacial score (nSPS) is 28.1. The molecule has 2 N–H and O–H groups in total. The number of nitrogen functional groups attached to an aromatic ring is 1. The second kappa shape index (κ2) is 4.62. The summed E-state index contributed by atoms with van der Waals surface area (Å²) in [5.74, 6) is 3.54. The number of nitrogens with zero attached hydrogens (tertiary/aromatic N) is 3. The molecule has 1 heterocycles. The molecule has 0 aliphatic heterocycles. The van der Waals surface area contributed by atoms with Crippen LogP contribution in [-0.2, 0) is 6.54 Å². The minimum absolute atomic E-state index is 0.773. The maximum Gasteiger partial charge on any atom is 0.181 e. The van der Waals surface area contributed by atoms with Gasteiger partial charge in [-0.3, -0.25) is 4.68 Å². The molecule has 20 heavy (non-hydrogen) atoms. The molecule has 0 spiro atoms. The highest BCUT2D eigenvalue weighted by Crippen LogP contribution is 2.48. The first kappa shape index (κ1) is 11.9. The summed E-state index contributed by atoms with van der Waals surface area (Å²) in [5.41, 5.74) is 7.51. The first-order chi connectivity index (χ1) is 9.78. The van der Waals surface area contributed by atoms with Crippen LogP contribution >= 0.6 is 0 Å². The Morgan fingerprint density at radius 1 is 1.15 bits per heavy atom. The van der Waals surface area contributed by atoms with E-state index in [0.717, 1.165) is 41.4 Å². The molecule has 2 aromatic rings. The third kappa shape index (κ3) is 2.09. The number of hydrogen-bond donors (Lipinski definition) is 1. The lowest BCUT2D eigenvalue weighted by Gasteiger charge is -2.20. The van der Waals surface area contributed by atoms with E-state index in [4.69, 9.17) is 5.73 Å². The third-order valence-corrected chi connectivity index (χ3v) is 5.01. The van der Waals surface area contributed by atoms with Crippen LogP contribution in [0.25, 0.3) is 11.4 Å². The van der Waals surface area contributed by atoms with Gasteiger partial charge in [-0.15, -0.1) is 0 Å². The van der Waals surface area contributed by atoms with Crippen molar-refractivity contribution in [3.63, 3.8) is 0 Å². The van der Waals surface area contributed by atoms with Crippen molar-refractivity contribution in [1.82, 2.24) is 14.8 Å². The van der Waals surface area contributed by atoms with E-state index in [1.165, 1.54) is 25.7 Å². The predicted molar refractivity (Wildman–Crippen MR) is 78.8 cm³/mol.